The lowest BCUT2D eigenvalue weighted by Crippen LogP contribution is -2.38. The van der Waals surface area contributed by atoms with E-state index in [9.17, 15) is 8.78 Å². The molecule has 4 rings (SSSR count). The summed E-state index contributed by atoms with van der Waals surface area (Å²) in [5.41, 5.74) is 5.34. The highest BCUT2D eigenvalue weighted by atomic mass is 19.1. The zero-order valence-corrected chi connectivity index (χ0v) is 16.2. The number of fused-ring (bicyclic) bond motifs is 3. The lowest BCUT2D eigenvalue weighted by atomic mass is 9.99. The monoisotopic (exact) mass is 368 g/mol. The number of rotatable bonds is 4. The standard InChI is InChI=1S/C23H26F2N2/c1-4-26-14-20-19-12-18(24)13-21(25)23(19)27(22(20)11-16(26)3)10-9-17-8-6-5-7-15(17)2/h5-8,12-13,16H,4,9-11,14H2,1-3H3. The fraction of sp³-hybridized carbons (Fsp3) is 0.391. The van der Waals surface area contributed by atoms with Gasteiger partial charge < -0.3 is 4.57 Å². The molecule has 2 heterocycles. The highest BCUT2D eigenvalue weighted by Gasteiger charge is 2.29. The van der Waals surface area contributed by atoms with E-state index in [4.69, 9.17) is 0 Å². The van der Waals surface area contributed by atoms with Gasteiger partial charge in [-0.25, -0.2) is 8.78 Å². The lowest BCUT2D eigenvalue weighted by Gasteiger charge is -2.33. The summed E-state index contributed by atoms with van der Waals surface area (Å²) in [6.45, 7) is 8.86. The predicted molar refractivity (Wildman–Crippen MR) is 106 cm³/mol. The average molecular weight is 368 g/mol. The first-order valence-corrected chi connectivity index (χ1v) is 9.77. The van der Waals surface area contributed by atoms with Crippen LogP contribution in [0, 0.1) is 18.6 Å². The van der Waals surface area contributed by atoms with Gasteiger partial charge in [-0.3, -0.25) is 4.90 Å². The Bertz CT molecular complexity index is 990. The molecular formula is C23H26F2N2. The molecular weight excluding hydrogens is 342 g/mol. The van der Waals surface area contributed by atoms with Crippen LogP contribution in [0.3, 0.4) is 0 Å². The molecule has 1 aliphatic rings. The molecule has 0 fully saturated rings. The molecule has 1 atom stereocenters. The number of halogens is 2. The van der Waals surface area contributed by atoms with E-state index < -0.39 is 11.6 Å². The van der Waals surface area contributed by atoms with E-state index in [1.165, 1.54) is 22.9 Å². The summed E-state index contributed by atoms with van der Waals surface area (Å²) in [6.07, 6.45) is 1.71. The van der Waals surface area contributed by atoms with Crippen molar-refractivity contribution in [3.05, 3.63) is 70.4 Å². The van der Waals surface area contributed by atoms with Gasteiger partial charge in [0.2, 0.25) is 0 Å². The number of hydrogen-bond donors (Lipinski definition) is 0. The SMILES string of the molecule is CCN1Cc2c(n(CCc3ccccc3C)c3c(F)cc(F)cc23)CC1C. The van der Waals surface area contributed by atoms with Crippen LogP contribution in [0.25, 0.3) is 10.9 Å². The van der Waals surface area contributed by atoms with Gasteiger partial charge in [0.25, 0.3) is 0 Å². The number of aromatic nitrogens is 1. The zero-order valence-electron chi connectivity index (χ0n) is 16.2. The van der Waals surface area contributed by atoms with E-state index in [1.807, 2.05) is 12.1 Å². The van der Waals surface area contributed by atoms with Crippen molar-refractivity contribution in [2.45, 2.75) is 52.7 Å². The molecule has 3 aromatic rings. The van der Waals surface area contributed by atoms with Crippen LogP contribution < -0.4 is 0 Å². The second-order valence-electron chi connectivity index (χ2n) is 7.65. The molecule has 4 heteroatoms. The van der Waals surface area contributed by atoms with E-state index in [-0.39, 0.29) is 0 Å². The first-order valence-electron chi connectivity index (χ1n) is 9.77. The van der Waals surface area contributed by atoms with Crippen molar-refractivity contribution in [3.63, 3.8) is 0 Å². The Hall–Kier alpha value is -2.20. The first-order chi connectivity index (χ1) is 13.0. The van der Waals surface area contributed by atoms with Gasteiger partial charge in [0.05, 0.1) is 5.52 Å². The summed E-state index contributed by atoms with van der Waals surface area (Å²) in [6, 6.07) is 11.2. The van der Waals surface area contributed by atoms with E-state index in [0.29, 0.717) is 18.1 Å². The molecule has 0 saturated heterocycles. The van der Waals surface area contributed by atoms with Crippen molar-refractivity contribution < 1.29 is 8.78 Å². The first kappa shape index (κ1) is 18.2. The lowest BCUT2D eigenvalue weighted by molar-refractivity contribution is 0.192. The smallest absolute Gasteiger partial charge is 0.150 e. The van der Waals surface area contributed by atoms with E-state index in [0.717, 1.165) is 42.9 Å². The molecule has 142 valence electrons. The summed E-state index contributed by atoms with van der Waals surface area (Å²) in [5.74, 6) is -0.958. The van der Waals surface area contributed by atoms with Gasteiger partial charge in [0, 0.05) is 42.7 Å². The van der Waals surface area contributed by atoms with Gasteiger partial charge in [-0.05, 0) is 49.6 Å². The summed E-state index contributed by atoms with van der Waals surface area (Å²) < 4.78 is 30.9. The van der Waals surface area contributed by atoms with Gasteiger partial charge in [0.1, 0.15) is 11.6 Å². The second kappa shape index (κ2) is 7.08. The van der Waals surface area contributed by atoms with Crippen LogP contribution in [0.1, 0.15) is 36.2 Å². The molecule has 1 unspecified atom stereocenters. The Morgan fingerprint density at radius 2 is 1.93 bits per heavy atom. The maximum atomic E-state index is 14.8. The van der Waals surface area contributed by atoms with Crippen LogP contribution in [-0.4, -0.2) is 22.1 Å². The molecule has 1 aliphatic heterocycles. The normalized spacial score (nSPS) is 17.4. The fourth-order valence-corrected chi connectivity index (χ4v) is 4.49. The molecule has 2 nitrogen and oxygen atoms in total. The molecule has 0 bridgehead atoms. The van der Waals surface area contributed by atoms with Crippen LogP contribution >= 0.6 is 0 Å². The van der Waals surface area contributed by atoms with Crippen molar-refractivity contribution in [1.29, 1.82) is 0 Å². The molecule has 0 radical (unpaired) electrons. The van der Waals surface area contributed by atoms with Crippen LogP contribution in [0.2, 0.25) is 0 Å². The number of nitrogens with zero attached hydrogens (tertiary/aromatic N) is 2. The summed E-state index contributed by atoms with van der Waals surface area (Å²) >= 11 is 0. The van der Waals surface area contributed by atoms with Gasteiger partial charge in [-0.15, -0.1) is 0 Å². The largest absolute Gasteiger partial charge is 0.341 e. The van der Waals surface area contributed by atoms with E-state index >= 15 is 0 Å². The quantitative estimate of drug-likeness (QED) is 0.612. The number of aryl methyl sites for hydroxylation is 3. The Morgan fingerprint density at radius 3 is 2.67 bits per heavy atom. The maximum absolute atomic E-state index is 14.8. The van der Waals surface area contributed by atoms with Crippen LogP contribution in [0.15, 0.2) is 36.4 Å². The second-order valence-corrected chi connectivity index (χ2v) is 7.65. The Labute approximate surface area is 159 Å². The summed E-state index contributed by atoms with van der Waals surface area (Å²) in [7, 11) is 0. The van der Waals surface area contributed by atoms with Gasteiger partial charge in [-0.2, -0.15) is 0 Å². The Kier molecular flexibility index (Phi) is 4.77. The summed E-state index contributed by atoms with van der Waals surface area (Å²) in [5, 5.41) is 0.734. The van der Waals surface area contributed by atoms with Crippen LogP contribution in [0.4, 0.5) is 8.78 Å². The van der Waals surface area contributed by atoms with Crippen molar-refractivity contribution in [1.82, 2.24) is 9.47 Å². The van der Waals surface area contributed by atoms with Crippen LogP contribution in [0.5, 0.6) is 0 Å². The topological polar surface area (TPSA) is 8.17 Å². The maximum Gasteiger partial charge on any atom is 0.150 e. The highest BCUT2D eigenvalue weighted by Crippen LogP contribution is 2.35. The third-order valence-electron chi connectivity index (χ3n) is 6.04. The minimum Gasteiger partial charge on any atom is -0.341 e. The molecule has 0 aliphatic carbocycles. The molecule has 0 spiro atoms. The van der Waals surface area contributed by atoms with Gasteiger partial charge >= 0.3 is 0 Å². The average Bonchev–Trinajstić information content (AvgIpc) is 2.93. The number of benzene rings is 2. The number of hydrogen-bond acceptors (Lipinski definition) is 1. The van der Waals surface area contributed by atoms with Gasteiger partial charge in [-0.1, -0.05) is 31.2 Å². The van der Waals surface area contributed by atoms with Crippen molar-refractivity contribution >= 4 is 10.9 Å². The Morgan fingerprint density at radius 1 is 1.15 bits per heavy atom. The summed E-state index contributed by atoms with van der Waals surface area (Å²) in [4.78, 5) is 2.37. The third-order valence-corrected chi connectivity index (χ3v) is 6.04. The predicted octanol–water partition coefficient (Wildman–Crippen LogP) is 5.24. The molecule has 27 heavy (non-hydrogen) atoms. The van der Waals surface area contributed by atoms with Crippen molar-refractivity contribution in [2.24, 2.45) is 0 Å². The minimum atomic E-state index is -0.500. The highest BCUT2D eigenvalue weighted by molar-refractivity contribution is 5.86. The van der Waals surface area contributed by atoms with Crippen molar-refractivity contribution in [2.75, 3.05) is 6.54 Å². The van der Waals surface area contributed by atoms with Crippen molar-refractivity contribution in [3.8, 4) is 0 Å². The molecule has 2 aromatic carbocycles. The molecule has 0 N–H and O–H groups in total. The fourth-order valence-electron chi connectivity index (χ4n) is 4.49. The molecule has 0 amide bonds. The zero-order chi connectivity index (χ0) is 19.1. The molecule has 1 aromatic heterocycles. The molecule has 0 saturated carbocycles. The minimum absolute atomic E-state index is 0.400. The third kappa shape index (κ3) is 3.16. The number of likely N-dealkylation sites (N-methyl/N-ethyl adjacent to an activating group) is 1. The van der Waals surface area contributed by atoms with E-state index in [2.05, 4.69) is 42.4 Å². The Balaban J connectivity index is 1.82. The van der Waals surface area contributed by atoms with E-state index in [1.54, 1.807) is 0 Å². The van der Waals surface area contributed by atoms with Crippen LogP contribution in [-0.2, 0) is 25.9 Å². The van der Waals surface area contributed by atoms with Gasteiger partial charge in [0.15, 0.2) is 0 Å².